The monoisotopic (exact) mass is 156 g/mol. The van der Waals surface area contributed by atoms with Gasteiger partial charge in [-0.3, -0.25) is 0 Å². The molecule has 1 saturated heterocycles. The highest BCUT2D eigenvalue weighted by Gasteiger charge is 2.25. The lowest BCUT2D eigenvalue weighted by Crippen LogP contribution is -2.30. The largest absolute Gasteiger partial charge is 0.381 e. The van der Waals surface area contributed by atoms with E-state index in [2.05, 4.69) is 23.9 Å². The predicted molar refractivity (Wildman–Crippen MR) is 44.3 cm³/mol. The summed E-state index contributed by atoms with van der Waals surface area (Å²) in [7, 11) is 0. The van der Waals surface area contributed by atoms with Gasteiger partial charge in [0.1, 0.15) is 0 Å². The Hall–Kier alpha value is 0.0500. The Morgan fingerprint density at radius 2 is 2.50 bits per heavy atom. The highest BCUT2D eigenvalue weighted by atomic mass is 32.2. The van der Waals surface area contributed by atoms with E-state index < -0.39 is 0 Å². The molecule has 0 spiro atoms. The average molecular weight is 156 g/mol. The minimum absolute atomic E-state index is 0.715. The number of ether oxygens (including phenoxy) is 1. The molecule has 2 atom stereocenters. The van der Waals surface area contributed by atoms with Gasteiger partial charge in [-0.05, 0) is 6.42 Å². The molecule has 0 aromatic heterocycles. The van der Waals surface area contributed by atoms with E-state index in [0.717, 1.165) is 18.5 Å². The molecule has 0 amide bonds. The molecule has 0 aromatic rings. The second kappa shape index (κ2) is 2.97. The molecular formula is C8H12OS. The molecule has 0 N–H and O–H groups in total. The molecule has 2 heteroatoms. The van der Waals surface area contributed by atoms with E-state index in [-0.39, 0.29) is 0 Å². The van der Waals surface area contributed by atoms with E-state index in [9.17, 15) is 0 Å². The quantitative estimate of drug-likeness (QED) is 0.494. The van der Waals surface area contributed by atoms with Crippen LogP contribution >= 0.6 is 11.8 Å². The van der Waals surface area contributed by atoms with Crippen molar-refractivity contribution in [1.82, 2.24) is 0 Å². The molecule has 1 nitrogen and oxygen atoms in total. The average Bonchev–Trinajstić information content (AvgIpc) is 2.05. The lowest BCUT2D eigenvalue weighted by molar-refractivity contribution is 0.0745. The fourth-order valence-corrected chi connectivity index (χ4v) is 2.69. The third-order valence-corrected chi connectivity index (χ3v) is 3.52. The molecule has 56 valence electrons. The summed E-state index contributed by atoms with van der Waals surface area (Å²) >= 11 is 2.08. The third kappa shape index (κ3) is 1.23. The molecule has 0 saturated carbocycles. The summed E-state index contributed by atoms with van der Waals surface area (Å²) in [4.78, 5) is 0. The van der Waals surface area contributed by atoms with Crippen LogP contribution in [0.5, 0.6) is 0 Å². The highest BCUT2D eigenvalue weighted by molar-refractivity contribution is 8.00. The lowest BCUT2D eigenvalue weighted by atomic mass is 10.0. The number of thioether (sulfide) groups is 1. The lowest BCUT2D eigenvalue weighted by Gasteiger charge is -2.31. The van der Waals surface area contributed by atoms with Crippen LogP contribution in [0.3, 0.4) is 0 Å². The van der Waals surface area contributed by atoms with Crippen LogP contribution in [0, 0.1) is 5.92 Å². The molecule has 0 radical (unpaired) electrons. The maximum Gasteiger partial charge on any atom is 0.0539 e. The Balaban J connectivity index is 2.03. The van der Waals surface area contributed by atoms with Gasteiger partial charge in [0.2, 0.25) is 0 Å². The van der Waals surface area contributed by atoms with Crippen molar-refractivity contribution < 1.29 is 4.74 Å². The first-order chi connectivity index (χ1) is 4.97. The van der Waals surface area contributed by atoms with Crippen molar-refractivity contribution in [3.8, 4) is 0 Å². The molecule has 10 heavy (non-hydrogen) atoms. The van der Waals surface area contributed by atoms with Crippen molar-refractivity contribution in [1.29, 1.82) is 0 Å². The van der Waals surface area contributed by atoms with E-state index >= 15 is 0 Å². The van der Waals surface area contributed by atoms with Gasteiger partial charge in [-0.2, -0.15) is 11.8 Å². The molecular weight excluding hydrogens is 144 g/mol. The van der Waals surface area contributed by atoms with E-state index in [1.165, 1.54) is 12.2 Å². The van der Waals surface area contributed by atoms with Crippen molar-refractivity contribution >= 4 is 11.8 Å². The molecule has 2 unspecified atom stereocenters. The molecule has 2 aliphatic rings. The van der Waals surface area contributed by atoms with Crippen LogP contribution in [0.4, 0.5) is 0 Å². The Kier molecular flexibility index (Phi) is 2.00. The van der Waals surface area contributed by atoms with Crippen molar-refractivity contribution in [2.45, 2.75) is 11.7 Å². The Labute approximate surface area is 65.8 Å². The zero-order chi connectivity index (χ0) is 6.81. The van der Waals surface area contributed by atoms with Crippen molar-refractivity contribution in [3.05, 3.63) is 12.2 Å². The first kappa shape index (κ1) is 6.74. The van der Waals surface area contributed by atoms with E-state index in [0.29, 0.717) is 5.92 Å². The van der Waals surface area contributed by atoms with Crippen LogP contribution in [-0.4, -0.2) is 24.2 Å². The Morgan fingerprint density at radius 1 is 1.50 bits per heavy atom. The minimum Gasteiger partial charge on any atom is -0.381 e. The van der Waals surface area contributed by atoms with Gasteiger partial charge in [-0.1, -0.05) is 12.2 Å². The first-order valence-electron chi connectivity index (χ1n) is 3.83. The number of rotatable bonds is 0. The van der Waals surface area contributed by atoms with Gasteiger partial charge in [0, 0.05) is 23.5 Å². The fourth-order valence-electron chi connectivity index (χ4n) is 1.54. The summed E-state index contributed by atoms with van der Waals surface area (Å²) in [6.45, 7) is 1.93. The zero-order valence-electron chi connectivity index (χ0n) is 5.95. The smallest absolute Gasteiger partial charge is 0.0539 e. The second-order valence-corrected chi connectivity index (χ2v) is 4.10. The van der Waals surface area contributed by atoms with Gasteiger partial charge < -0.3 is 4.74 Å². The van der Waals surface area contributed by atoms with Crippen LogP contribution in [-0.2, 0) is 4.74 Å². The summed E-state index contributed by atoms with van der Waals surface area (Å²) < 4.78 is 5.37. The summed E-state index contributed by atoms with van der Waals surface area (Å²) in [5.41, 5.74) is 0. The highest BCUT2D eigenvalue weighted by Crippen LogP contribution is 2.31. The maximum absolute atomic E-state index is 5.37. The number of fused-ring (bicyclic) bond motifs is 1. The predicted octanol–water partition coefficient (Wildman–Crippen LogP) is 1.69. The molecule has 0 aromatic carbocycles. The number of hydrogen-bond donors (Lipinski definition) is 0. The van der Waals surface area contributed by atoms with Crippen LogP contribution in [0.15, 0.2) is 12.2 Å². The molecule has 2 heterocycles. The Bertz CT molecular complexity index is 144. The number of hydrogen-bond acceptors (Lipinski definition) is 2. The fraction of sp³-hybridized carbons (Fsp3) is 0.750. The van der Waals surface area contributed by atoms with Gasteiger partial charge in [0.05, 0.1) is 6.61 Å². The van der Waals surface area contributed by atoms with Crippen LogP contribution < -0.4 is 0 Å². The van der Waals surface area contributed by atoms with Crippen molar-refractivity contribution in [2.75, 3.05) is 19.0 Å². The molecule has 0 aliphatic carbocycles. The van der Waals surface area contributed by atoms with Gasteiger partial charge in [-0.15, -0.1) is 0 Å². The van der Waals surface area contributed by atoms with Gasteiger partial charge in [0.15, 0.2) is 0 Å². The standard InChI is InChI=1S/C8H12OS/c1-2-7-6-9-4-3-8(7)10-5-1/h1-2,7-8H,3-6H2. The van der Waals surface area contributed by atoms with Gasteiger partial charge in [0.25, 0.3) is 0 Å². The maximum atomic E-state index is 5.37. The Morgan fingerprint density at radius 3 is 3.40 bits per heavy atom. The molecule has 2 aliphatic heterocycles. The first-order valence-corrected chi connectivity index (χ1v) is 4.88. The normalized spacial score (nSPS) is 39.2. The summed E-state index contributed by atoms with van der Waals surface area (Å²) in [5.74, 6) is 1.92. The van der Waals surface area contributed by atoms with E-state index in [1.54, 1.807) is 0 Å². The summed E-state index contributed by atoms with van der Waals surface area (Å²) in [6.07, 6.45) is 5.83. The van der Waals surface area contributed by atoms with Crippen LogP contribution in [0.2, 0.25) is 0 Å². The van der Waals surface area contributed by atoms with Crippen LogP contribution in [0.25, 0.3) is 0 Å². The molecule has 1 fully saturated rings. The minimum atomic E-state index is 0.715. The summed E-state index contributed by atoms with van der Waals surface area (Å²) in [6, 6.07) is 0. The topological polar surface area (TPSA) is 9.23 Å². The van der Waals surface area contributed by atoms with E-state index in [1.807, 2.05) is 0 Å². The molecule has 0 bridgehead atoms. The van der Waals surface area contributed by atoms with E-state index in [4.69, 9.17) is 4.74 Å². The van der Waals surface area contributed by atoms with Crippen molar-refractivity contribution in [3.63, 3.8) is 0 Å². The van der Waals surface area contributed by atoms with Crippen molar-refractivity contribution in [2.24, 2.45) is 5.92 Å². The SMILES string of the molecule is C1=CC2COCCC2SC1. The van der Waals surface area contributed by atoms with Gasteiger partial charge in [-0.25, -0.2) is 0 Å². The van der Waals surface area contributed by atoms with Gasteiger partial charge >= 0.3 is 0 Å². The summed E-state index contributed by atoms with van der Waals surface area (Å²) in [5, 5.41) is 0.860. The second-order valence-electron chi connectivity index (χ2n) is 2.83. The van der Waals surface area contributed by atoms with Crippen LogP contribution in [0.1, 0.15) is 6.42 Å². The molecule has 2 rings (SSSR count). The third-order valence-electron chi connectivity index (χ3n) is 2.12. The zero-order valence-corrected chi connectivity index (χ0v) is 6.77.